The van der Waals surface area contributed by atoms with Crippen molar-refractivity contribution < 1.29 is 14.2 Å². The van der Waals surface area contributed by atoms with Crippen molar-refractivity contribution >= 4 is 43.4 Å². The number of alkyl halides is 2. The van der Waals surface area contributed by atoms with Crippen LogP contribution in [0.1, 0.15) is 6.42 Å². The topological polar surface area (TPSA) is 57.3 Å². The molecule has 0 aromatic heterocycles. The number of para-hydroxylation sites is 1. The van der Waals surface area contributed by atoms with E-state index in [1.165, 1.54) is 9.96 Å². The highest BCUT2D eigenvalue weighted by molar-refractivity contribution is 7.47. The lowest BCUT2D eigenvalue weighted by Crippen LogP contribution is -2.46. The van der Waals surface area contributed by atoms with Crippen molar-refractivity contribution in [3.63, 3.8) is 0 Å². The van der Waals surface area contributed by atoms with Gasteiger partial charge < -0.3 is 4.52 Å². The number of rotatable bonds is 8. The normalized spacial score (nSPS) is 20.2. The molecular formula is C16H25Cl2N4O3P. The van der Waals surface area contributed by atoms with Crippen molar-refractivity contribution in [2.24, 2.45) is 0 Å². The minimum Gasteiger partial charge on any atom is -0.331 e. The van der Waals surface area contributed by atoms with Gasteiger partial charge in [-0.05, 0) is 12.1 Å². The van der Waals surface area contributed by atoms with Crippen LogP contribution in [0.5, 0.6) is 0 Å². The Bertz CT molecular complexity index is 552. The van der Waals surface area contributed by atoms with Gasteiger partial charge >= 0.3 is 6.03 Å². The van der Waals surface area contributed by atoms with Crippen molar-refractivity contribution in [1.29, 1.82) is 0 Å². The highest BCUT2D eigenvalue weighted by Gasteiger charge is 2.30. The first-order valence-electron chi connectivity index (χ1n) is 8.36. The number of carbonyl (C=O) groups is 1. The number of amides is 2. The first-order chi connectivity index (χ1) is 12.6. The van der Waals surface area contributed by atoms with E-state index in [-0.39, 0.29) is 12.3 Å². The number of hydrogen-bond donors (Lipinski definition) is 1. The summed E-state index contributed by atoms with van der Waals surface area (Å²) in [5, 5.41) is 4.55. The Kier molecular flexibility index (Phi) is 9.36. The molecule has 1 aliphatic heterocycles. The summed E-state index contributed by atoms with van der Waals surface area (Å²) in [6.07, 6.45) is 0.322. The molecule has 1 heterocycles. The van der Waals surface area contributed by atoms with Gasteiger partial charge in [0.1, 0.15) is 6.23 Å². The van der Waals surface area contributed by atoms with Crippen LogP contribution in [-0.2, 0) is 9.36 Å². The maximum atomic E-state index is 12.6. The molecule has 0 bridgehead atoms. The van der Waals surface area contributed by atoms with Gasteiger partial charge in [0.05, 0.1) is 6.61 Å². The molecule has 1 aromatic carbocycles. The predicted octanol–water partition coefficient (Wildman–Crippen LogP) is 3.45. The molecule has 1 fully saturated rings. The van der Waals surface area contributed by atoms with Gasteiger partial charge in [0.15, 0.2) is 8.45 Å². The van der Waals surface area contributed by atoms with Gasteiger partial charge in [-0.15, -0.1) is 23.2 Å². The van der Waals surface area contributed by atoms with E-state index >= 15 is 0 Å². The Hall–Kier alpha value is -0.660. The summed E-state index contributed by atoms with van der Waals surface area (Å²) in [5.74, 6) is 0.985. The van der Waals surface area contributed by atoms with E-state index in [2.05, 4.69) is 9.76 Å². The zero-order valence-corrected chi connectivity index (χ0v) is 17.4. The average molecular weight is 423 g/mol. The molecule has 146 valence electrons. The van der Waals surface area contributed by atoms with Crippen LogP contribution in [-0.4, -0.2) is 67.5 Å². The maximum absolute atomic E-state index is 12.6. The summed E-state index contributed by atoms with van der Waals surface area (Å²) in [6, 6.07) is 9.16. The minimum absolute atomic E-state index is 0.257. The van der Waals surface area contributed by atoms with Gasteiger partial charge in [-0.3, -0.25) is 9.74 Å². The van der Waals surface area contributed by atoms with E-state index < -0.39 is 8.45 Å². The van der Waals surface area contributed by atoms with Crippen molar-refractivity contribution in [1.82, 2.24) is 14.8 Å². The predicted molar refractivity (Wildman–Crippen MR) is 107 cm³/mol. The number of hydroxylamine groups is 2. The monoisotopic (exact) mass is 422 g/mol. The lowest BCUT2D eigenvalue weighted by molar-refractivity contribution is -0.155. The molecule has 2 unspecified atom stereocenters. The summed E-state index contributed by atoms with van der Waals surface area (Å²) in [7, 11) is 2.26. The smallest absolute Gasteiger partial charge is 0.331 e. The third kappa shape index (κ3) is 6.20. The van der Waals surface area contributed by atoms with Crippen LogP contribution < -0.4 is 9.99 Å². The van der Waals surface area contributed by atoms with Crippen LogP contribution in [0, 0.1) is 0 Å². The van der Waals surface area contributed by atoms with E-state index in [0.717, 1.165) is 5.69 Å². The quantitative estimate of drug-likeness (QED) is 0.395. The van der Waals surface area contributed by atoms with E-state index in [0.29, 0.717) is 37.9 Å². The molecule has 2 atom stereocenters. The van der Waals surface area contributed by atoms with Gasteiger partial charge in [-0.25, -0.2) is 19.6 Å². The molecule has 10 heteroatoms. The Morgan fingerprint density at radius 1 is 1.27 bits per heavy atom. The van der Waals surface area contributed by atoms with Gasteiger partial charge in [-0.2, -0.15) is 0 Å². The summed E-state index contributed by atoms with van der Waals surface area (Å²) < 4.78 is 7.87. The number of hydrogen-bond acceptors (Lipinski definition) is 5. The van der Waals surface area contributed by atoms with E-state index in [1.54, 1.807) is 14.1 Å². The third-order valence-electron chi connectivity index (χ3n) is 3.78. The standard InChI is InChI=1S/C16H25Cl2N4O3P/c1-20(14-6-4-3-5-7-14)16(23)21(2)25-15-8-13-24-26(19-15)22(11-9-17)12-10-18/h3-7,15,19H,8-13H2,1-2H3. The molecule has 2 rings (SSSR count). The molecule has 2 amide bonds. The van der Waals surface area contributed by atoms with Crippen molar-refractivity contribution in [3.8, 4) is 0 Å². The Balaban J connectivity index is 1.91. The van der Waals surface area contributed by atoms with E-state index in [1.807, 2.05) is 30.3 Å². The molecule has 1 N–H and O–H groups in total. The molecule has 0 aliphatic carbocycles. The number of nitrogens with one attached hydrogen (secondary N) is 1. The molecule has 0 radical (unpaired) electrons. The van der Waals surface area contributed by atoms with Crippen molar-refractivity contribution in [2.45, 2.75) is 12.6 Å². The average Bonchev–Trinajstić information content (AvgIpc) is 2.67. The van der Waals surface area contributed by atoms with E-state index in [9.17, 15) is 4.79 Å². The number of benzene rings is 1. The van der Waals surface area contributed by atoms with Crippen LogP contribution >= 0.6 is 31.7 Å². The number of carbonyl (C=O) groups excluding carboxylic acids is 1. The summed E-state index contributed by atoms with van der Waals surface area (Å²) >= 11 is 11.7. The fourth-order valence-corrected chi connectivity index (χ4v) is 4.72. The SMILES string of the molecule is CN(OC1CCOP(N(CCCl)CCCl)N1)C(=O)N(C)c1ccccc1. The molecule has 26 heavy (non-hydrogen) atoms. The Morgan fingerprint density at radius 3 is 2.54 bits per heavy atom. The molecule has 0 spiro atoms. The Labute approximate surface area is 166 Å². The zero-order valence-electron chi connectivity index (χ0n) is 15.0. The van der Waals surface area contributed by atoms with Crippen molar-refractivity contribution in [2.75, 3.05) is 50.5 Å². The second-order valence-electron chi connectivity index (χ2n) is 5.62. The third-order valence-corrected chi connectivity index (χ3v) is 5.96. The molecule has 0 saturated carbocycles. The first kappa shape index (κ1) is 21.6. The summed E-state index contributed by atoms with van der Waals surface area (Å²) in [5.41, 5.74) is 0.797. The fraction of sp³-hybridized carbons (Fsp3) is 0.562. The summed E-state index contributed by atoms with van der Waals surface area (Å²) in [6.45, 7) is 1.89. The number of urea groups is 1. The van der Waals surface area contributed by atoms with Crippen LogP contribution in [0.4, 0.5) is 10.5 Å². The zero-order chi connectivity index (χ0) is 18.9. The molecule has 1 saturated heterocycles. The van der Waals surface area contributed by atoms with Gasteiger partial charge in [0, 0.05) is 51.1 Å². The maximum Gasteiger partial charge on any atom is 0.347 e. The molecular weight excluding hydrogens is 398 g/mol. The van der Waals surface area contributed by atoms with E-state index in [4.69, 9.17) is 32.6 Å². The highest BCUT2D eigenvalue weighted by Crippen LogP contribution is 2.41. The van der Waals surface area contributed by atoms with Crippen LogP contribution in [0.25, 0.3) is 0 Å². The second kappa shape index (κ2) is 11.2. The second-order valence-corrected chi connectivity index (χ2v) is 8.01. The fourth-order valence-electron chi connectivity index (χ4n) is 2.41. The first-order valence-corrected chi connectivity index (χ1v) is 10.6. The molecule has 7 nitrogen and oxygen atoms in total. The van der Waals surface area contributed by atoms with Crippen LogP contribution in [0.15, 0.2) is 30.3 Å². The highest BCUT2D eigenvalue weighted by atomic mass is 35.5. The lowest BCUT2D eigenvalue weighted by atomic mass is 10.3. The van der Waals surface area contributed by atoms with Gasteiger partial charge in [0.25, 0.3) is 0 Å². The van der Waals surface area contributed by atoms with Crippen molar-refractivity contribution in [3.05, 3.63) is 30.3 Å². The Morgan fingerprint density at radius 2 is 1.92 bits per heavy atom. The molecule has 1 aromatic rings. The number of nitrogens with zero attached hydrogens (tertiary/aromatic N) is 3. The van der Waals surface area contributed by atoms with Crippen LogP contribution in [0.2, 0.25) is 0 Å². The minimum atomic E-state index is -1.06. The lowest BCUT2D eigenvalue weighted by Gasteiger charge is -2.37. The largest absolute Gasteiger partial charge is 0.347 e. The van der Waals surface area contributed by atoms with Gasteiger partial charge in [-0.1, -0.05) is 18.2 Å². The molecule has 1 aliphatic rings. The number of anilines is 1. The van der Waals surface area contributed by atoms with Crippen LogP contribution in [0.3, 0.4) is 0 Å². The van der Waals surface area contributed by atoms with Gasteiger partial charge in [0.2, 0.25) is 0 Å². The number of halogens is 2. The summed E-state index contributed by atoms with van der Waals surface area (Å²) in [4.78, 5) is 19.9.